The molecule has 1 aliphatic rings. The van der Waals surface area contributed by atoms with Crippen molar-refractivity contribution in [2.24, 2.45) is 11.7 Å². The molecule has 0 aromatic carbocycles. The van der Waals surface area contributed by atoms with Crippen LogP contribution in [-0.4, -0.2) is 64.9 Å². The van der Waals surface area contributed by atoms with E-state index >= 15 is 0 Å². The number of carboxylic acids is 1. The molecule has 1 fully saturated rings. The Labute approximate surface area is 126 Å². The first-order chi connectivity index (χ1) is 9.22. The molecule has 1 aliphatic heterocycles. The average Bonchev–Trinajstić information content (AvgIpc) is 2.35. The largest absolute Gasteiger partial charge is 0.480 e. The molecule has 1 unspecified atom stereocenters. The minimum absolute atomic E-state index is 0.160. The summed E-state index contributed by atoms with van der Waals surface area (Å²) in [6.45, 7) is 11.9. The fourth-order valence-electron chi connectivity index (χ4n) is 2.26. The Bertz CT molecular complexity index is 324. The second kappa shape index (κ2) is 7.64. The molecular formula is C14H28N2O3S. The van der Waals surface area contributed by atoms with E-state index < -0.39 is 16.8 Å². The lowest BCUT2D eigenvalue weighted by atomic mass is 10.1. The molecule has 20 heavy (non-hydrogen) atoms. The quantitative estimate of drug-likeness (QED) is 0.737. The summed E-state index contributed by atoms with van der Waals surface area (Å²) in [5.74, 6) is 0.481. The van der Waals surface area contributed by atoms with Gasteiger partial charge in [0, 0.05) is 30.1 Å². The number of rotatable bonds is 7. The summed E-state index contributed by atoms with van der Waals surface area (Å²) in [6.07, 6.45) is 0.160. The predicted octanol–water partition coefficient (Wildman–Crippen LogP) is 1.27. The van der Waals surface area contributed by atoms with E-state index in [0.29, 0.717) is 5.92 Å². The molecular weight excluding hydrogens is 276 g/mol. The van der Waals surface area contributed by atoms with Gasteiger partial charge in [-0.2, -0.15) is 11.8 Å². The van der Waals surface area contributed by atoms with Gasteiger partial charge in [0.05, 0.1) is 12.7 Å². The van der Waals surface area contributed by atoms with Gasteiger partial charge in [-0.1, -0.05) is 13.8 Å². The Morgan fingerprint density at radius 2 is 2.20 bits per heavy atom. The molecule has 0 aromatic heterocycles. The highest BCUT2D eigenvalue weighted by Crippen LogP contribution is 2.29. The molecule has 1 rings (SSSR count). The molecule has 5 nitrogen and oxygen atoms in total. The standard InChI is InChI=1S/C14H28N2O3S/c1-10(2)7-16-5-6-19-11(8-16)9-20-14(3,4)12(15)13(17)18/h10-12H,5-9,15H2,1-4H3,(H,17,18)/t11?,12-/m0/s1. The first-order valence-electron chi connectivity index (χ1n) is 7.18. The third kappa shape index (κ3) is 5.60. The highest BCUT2D eigenvalue weighted by atomic mass is 32.2. The van der Waals surface area contributed by atoms with Crippen LogP contribution in [0.1, 0.15) is 27.7 Å². The number of ether oxygens (including phenoxy) is 1. The van der Waals surface area contributed by atoms with Gasteiger partial charge in [-0.3, -0.25) is 9.69 Å². The SMILES string of the molecule is CC(C)CN1CCOC(CSC(C)(C)[C@@H](N)C(=O)O)C1. The molecule has 1 heterocycles. The molecule has 0 radical (unpaired) electrons. The summed E-state index contributed by atoms with van der Waals surface area (Å²) in [7, 11) is 0. The predicted molar refractivity (Wildman–Crippen MR) is 83.2 cm³/mol. The fraction of sp³-hybridized carbons (Fsp3) is 0.929. The zero-order valence-electron chi connectivity index (χ0n) is 13.0. The van der Waals surface area contributed by atoms with Crippen molar-refractivity contribution in [3.8, 4) is 0 Å². The van der Waals surface area contributed by atoms with Crippen LogP contribution in [0.25, 0.3) is 0 Å². The van der Waals surface area contributed by atoms with E-state index in [2.05, 4.69) is 18.7 Å². The van der Waals surface area contributed by atoms with E-state index in [0.717, 1.165) is 32.0 Å². The van der Waals surface area contributed by atoms with Crippen molar-refractivity contribution in [1.82, 2.24) is 4.90 Å². The third-order valence-electron chi connectivity index (χ3n) is 3.50. The minimum Gasteiger partial charge on any atom is -0.480 e. The lowest BCUT2D eigenvalue weighted by Gasteiger charge is -2.36. The second-order valence-corrected chi connectivity index (χ2v) is 8.05. The highest BCUT2D eigenvalue weighted by Gasteiger charge is 2.34. The van der Waals surface area contributed by atoms with Crippen LogP contribution in [-0.2, 0) is 9.53 Å². The first kappa shape index (κ1) is 17.8. The van der Waals surface area contributed by atoms with Gasteiger partial charge in [-0.05, 0) is 19.8 Å². The number of thioether (sulfide) groups is 1. The topological polar surface area (TPSA) is 75.8 Å². The zero-order chi connectivity index (χ0) is 15.3. The maximum atomic E-state index is 11.0. The fourth-order valence-corrected chi connectivity index (χ4v) is 3.36. The van der Waals surface area contributed by atoms with E-state index in [4.69, 9.17) is 15.6 Å². The monoisotopic (exact) mass is 304 g/mol. The molecule has 0 spiro atoms. The normalized spacial score (nSPS) is 23.0. The van der Waals surface area contributed by atoms with Crippen LogP contribution >= 0.6 is 11.8 Å². The van der Waals surface area contributed by atoms with Crippen LogP contribution in [0.4, 0.5) is 0 Å². The molecule has 0 aliphatic carbocycles. The van der Waals surface area contributed by atoms with E-state index in [1.807, 2.05) is 13.8 Å². The van der Waals surface area contributed by atoms with Gasteiger partial charge in [-0.15, -0.1) is 0 Å². The Morgan fingerprint density at radius 3 is 2.75 bits per heavy atom. The summed E-state index contributed by atoms with van der Waals surface area (Å²) in [4.78, 5) is 13.4. The number of hydrogen-bond acceptors (Lipinski definition) is 5. The minimum atomic E-state index is -0.950. The first-order valence-corrected chi connectivity index (χ1v) is 8.17. The lowest BCUT2D eigenvalue weighted by Crippen LogP contribution is -2.49. The number of aliphatic carboxylic acids is 1. The van der Waals surface area contributed by atoms with Crippen molar-refractivity contribution >= 4 is 17.7 Å². The number of carboxylic acid groups (broad SMARTS) is 1. The molecule has 6 heteroatoms. The molecule has 2 atom stereocenters. The van der Waals surface area contributed by atoms with Crippen molar-refractivity contribution in [1.29, 1.82) is 0 Å². The number of nitrogens with zero attached hydrogens (tertiary/aromatic N) is 1. The molecule has 0 amide bonds. The van der Waals surface area contributed by atoms with E-state index in [1.54, 1.807) is 11.8 Å². The van der Waals surface area contributed by atoms with E-state index in [9.17, 15) is 4.79 Å². The van der Waals surface area contributed by atoms with Crippen LogP contribution in [0, 0.1) is 5.92 Å². The Morgan fingerprint density at radius 1 is 1.55 bits per heavy atom. The lowest BCUT2D eigenvalue weighted by molar-refractivity contribution is -0.139. The van der Waals surface area contributed by atoms with Crippen molar-refractivity contribution in [3.63, 3.8) is 0 Å². The van der Waals surface area contributed by atoms with Crippen molar-refractivity contribution in [3.05, 3.63) is 0 Å². The van der Waals surface area contributed by atoms with Gasteiger partial charge in [0.1, 0.15) is 6.04 Å². The van der Waals surface area contributed by atoms with Gasteiger partial charge >= 0.3 is 5.97 Å². The molecule has 3 N–H and O–H groups in total. The Kier molecular flexibility index (Phi) is 6.78. The maximum Gasteiger partial charge on any atom is 0.321 e. The van der Waals surface area contributed by atoms with Crippen molar-refractivity contribution in [2.45, 2.75) is 44.6 Å². The molecule has 118 valence electrons. The van der Waals surface area contributed by atoms with Gasteiger partial charge in [0.2, 0.25) is 0 Å². The third-order valence-corrected chi connectivity index (χ3v) is 5.04. The summed E-state index contributed by atoms with van der Waals surface area (Å²) in [5.41, 5.74) is 5.73. The molecule has 0 saturated carbocycles. The second-order valence-electron chi connectivity index (χ2n) is 6.38. The van der Waals surface area contributed by atoms with Gasteiger partial charge < -0.3 is 15.6 Å². The molecule has 0 aromatic rings. The average molecular weight is 304 g/mol. The smallest absolute Gasteiger partial charge is 0.321 e. The number of hydrogen-bond donors (Lipinski definition) is 2. The van der Waals surface area contributed by atoms with Crippen LogP contribution in [0.2, 0.25) is 0 Å². The van der Waals surface area contributed by atoms with Gasteiger partial charge in [-0.25, -0.2) is 0 Å². The maximum absolute atomic E-state index is 11.0. The number of carbonyl (C=O) groups is 1. The Hall–Kier alpha value is -0.300. The van der Waals surface area contributed by atoms with Crippen molar-refractivity contribution in [2.75, 3.05) is 32.0 Å². The van der Waals surface area contributed by atoms with E-state index in [1.165, 1.54) is 0 Å². The van der Waals surface area contributed by atoms with Crippen LogP contribution < -0.4 is 5.73 Å². The van der Waals surface area contributed by atoms with Crippen LogP contribution in [0.3, 0.4) is 0 Å². The van der Waals surface area contributed by atoms with Gasteiger partial charge in [0.15, 0.2) is 0 Å². The summed E-state index contributed by atoms with van der Waals surface area (Å²) in [5, 5.41) is 9.02. The molecule has 1 saturated heterocycles. The van der Waals surface area contributed by atoms with Crippen molar-refractivity contribution < 1.29 is 14.6 Å². The van der Waals surface area contributed by atoms with Crippen LogP contribution in [0.15, 0.2) is 0 Å². The van der Waals surface area contributed by atoms with E-state index in [-0.39, 0.29) is 6.10 Å². The van der Waals surface area contributed by atoms with Gasteiger partial charge in [0.25, 0.3) is 0 Å². The number of morpholine rings is 1. The summed E-state index contributed by atoms with van der Waals surface area (Å²) in [6, 6.07) is -0.858. The summed E-state index contributed by atoms with van der Waals surface area (Å²) < 4.78 is 5.28. The summed E-state index contributed by atoms with van der Waals surface area (Å²) >= 11 is 1.59. The Balaban J connectivity index is 2.42. The van der Waals surface area contributed by atoms with Crippen LogP contribution in [0.5, 0.6) is 0 Å². The highest BCUT2D eigenvalue weighted by molar-refractivity contribution is 8.00. The number of nitrogens with two attached hydrogens (primary N) is 1. The molecule has 0 bridgehead atoms. The zero-order valence-corrected chi connectivity index (χ0v) is 13.8.